The van der Waals surface area contributed by atoms with Gasteiger partial charge in [-0.3, -0.25) is 4.79 Å². The Bertz CT molecular complexity index is 606. The molecule has 2 aromatic carbocycles. The van der Waals surface area contributed by atoms with Crippen LogP contribution in [0.25, 0.3) is 0 Å². The highest BCUT2D eigenvalue weighted by Crippen LogP contribution is 2.24. The van der Waals surface area contributed by atoms with Crippen LogP contribution in [0, 0.1) is 12.7 Å². The Balaban J connectivity index is 2.31. The zero-order chi connectivity index (χ0) is 14.7. The van der Waals surface area contributed by atoms with E-state index in [1.807, 2.05) is 19.1 Å². The van der Waals surface area contributed by atoms with Crippen molar-refractivity contribution < 1.29 is 14.3 Å². The Morgan fingerprint density at radius 1 is 1.25 bits per heavy atom. The Morgan fingerprint density at radius 2 is 1.90 bits per heavy atom. The van der Waals surface area contributed by atoms with Crippen LogP contribution >= 0.6 is 0 Å². The number of phenols is 1. The molecule has 0 saturated heterocycles. The molecule has 1 amide bonds. The average molecular weight is 274 g/mol. The molecule has 20 heavy (non-hydrogen) atoms. The number of rotatable bonds is 4. The molecule has 0 aliphatic rings. The number of carbonyl (C=O) groups is 1. The molecule has 1 unspecified atom stereocenters. The highest BCUT2D eigenvalue weighted by Gasteiger charge is 2.19. The number of benzene rings is 2. The van der Waals surface area contributed by atoms with E-state index in [1.165, 1.54) is 6.07 Å². The molecule has 5 heteroatoms. The summed E-state index contributed by atoms with van der Waals surface area (Å²) in [5.74, 6) is -1.54. The van der Waals surface area contributed by atoms with Crippen molar-refractivity contribution in [2.45, 2.75) is 13.0 Å². The fraction of sp³-hybridized carbons (Fsp3) is 0.133. The molecular weight excluding hydrogens is 259 g/mol. The minimum atomic E-state index is -0.917. The number of anilines is 1. The summed E-state index contributed by atoms with van der Waals surface area (Å²) in [5, 5.41) is 12.3. The summed E-state index contributed by atoms with van der Waals surface area (Å²) in [6, 6.07) is 9.87. The lowest BCUT2D eigenvalue weighted by molar-refractivity contribution is -0.118. The number of aryl methyl sites for hydroxylation is 1. The van der Waals surface area contributed by atoms with Crippen molar-refractivity contribution in [1.29, 1.82) is 0 Å². The van der Waals surface area contributed by atoms with Crippen molar-refractivity contribution >= 4 is 11.6 Å². The second-order valence-corrected chi connectivity index (χ2v) is 4.59. The van der Waals surface area contributed by atoms with Gasteiger partial charge in [0.25, 0.3) is 0 Å². The van der Waals surface area contributed by atoms with Crippen molar-refractivity contribution in [3.8, 4) is 5.75 Å². The Labute approximate surface area is 116 Å². The molecule has 0 radical (unpaired) electrons. The third kappa shape index (κ3) is 3.26. The molecule has 4 nitrogen and oxygen atoms in total. The van der Waals surface area contributed by atoms with Gasteiger partial charge >= 0.3 is 0 Å². The lowest BCUT2D eigenvalue weighted by Crippen LogP contribution is -2.27. The van der Waals surface area contributed by atoms with Crippen molar-refractivity contribution in [1.82, 2.24) is 0 Å². The van der Waals surface area contributed by atoms with Gasteiger partial charge in [-0.25, -0.2) is 4.39 Å². The van der Waals surface area contributed by atoms with E-state index >= 15 is 0 Å². The molecule has 0 saturated carbocycles. The summed E-state index contributed by atoms with van der Waals surface area (Å²) >= 11 is 0. The Morgan fingerprint density at radius 3 is 2.45 bits per heavy atom. The fourth-order valence-corrected chi connectivity index (χ4v) is 1.90. The number of hydrogen-bond donors (Lipinski definition) is 3. The lowest BCUT2D eigenvalue weighted by Gasteiger charge is -2.17. The van der Waals surface area contributed by atoms with Crippen LogP contribution in [0.2, 0.25) is 0 Å². The third-order valence-electron chi connectivity index (χ3n) is 2.89. The fourth-order valence-electron chi connectivity index (χ4n) is 1.90. The molecule has 0 fully saturated rings. The minimum absolute atomic E-state index is 0.253. The molecule has 0 spiro atoms. The van der Waals surface area contributed by atoms with Gasteiger partial charge in [0.1, 0.15) is 17.6 Å². The van der Waals surface area contributed by atoms with Crippen LogP contribution in [-0.4, -0.2) is 11.0 Å². The molecule has 2 rings (SSSR count). The predicted octanol–water partition coefficient (Wildman–Crippen LogP) is 2.48. The standard InChI is InChI=1S/C15H15FN2O2/c1-9-2-4-12(5-3-9)18-14(15(17)20)10-6-11(16)8-13(19)7-10/h2-8,14,18-19H,1H3,(H2,17,20). The number of halogens is 1. The van der Waals surface area contributed by atoms with Crippen LogP contribution in [0.3, 0.4) is 0 Å². The normalized spacial score (nSPS) is 11.9. The molecule has 4 N–H and O–H groups in total. The molecule has 0 heterocycles. The monoisotopic (exact) mass is 274 g/mol. The summed E-state index contributed by atoms with van der Waals surface area (Å²) in [6.45, 7) is 1.94. The second kappa shape index (κ2) is 5.61. The smallest absolute Gasteiger partial charge is 0.244 e. The maximum absolute atomic E-state index is 13.3. The van der Waals surface area contributed by atoms with E-state index in [4.69, 9.17) is 5.73 Å². The average Bonchev–Trinajstić information content (AvgIpc) is 2.36. The minimum Gasteiger partial charge on any atom is -0.508 e. The van der Waals surface area contributed by atoms with Gasteiger partial charge in [0.05, 0.1) is 0 Å². The van der Waals surface area contributed by atoms with Gasteiger partial charge in [0.2, 0.25) is 5.91 Å². The Hall–Kier alpha value is -2.56. The van der Waals surface area contributed by atoms with Gasteiger partial charge in [-0.2, -0.15) is 0 Å². The third-order valence-corrected chi connectivity index (χ3v) is 2.89. The largest absolute Gasteiger partial charge is 0.508 e. The molecule has 0 aliphatic heterocycles. The van der Waals surface area contributed by atoms with Gasteiger partial charge in [0.15, 0.2) is 0 Å². The van der Waals surface area contributed by atoms with Crippen molar-refractivity contribution in [2.75, 3.05) is 5.32 Å². The lowest BCUT2D eigenvalue weighted by atomic mass is 10.0. The predicted molar refractivity (Wildman–Crippen MR) is 74.8 cm³/mol. The number of amides is 1. The zero-order valence-corrected chi connectivity index (χ0v) is 10.9. The number of phenolic OH excluding ortho intramolecular Hbond substituents is 1. The van der Waals surface area contributed by atoms with E-state index in [2.05, 4.69) is 5.32 Å². The maximum Gasteiger partial charge on any atom is 0.244 e. The van der Waals surface area contributed by atoms with E-state index in [-0.39, 0.29) is 11.3 Å². The summed E-state index contributed by atoms with van der Waals surface area (Å²) in [6.07, 6.45) is 0. The topological polar surface area (TPSA) is 75.3 Å². The summed E-state index contributed by atoms with van der Waals surface area (Å²) < 4.78 is 13.3. The van der Waals surface area contributed by atoms with Gasteiger partial charge in [0, 0.05) is 11.8 Å². The summed E-state index contributed by atoms with van der Waals surface area (Å²) in [4.78, 5) is 11.5. The van der Waals surface area contributed by atoms with Crippen LogP contribution in [-0.2, 0) is 4.79 Å². The SMILES string of the molecule is Cc1ccc(NC(C(N)=O)c2cc(O)cc(F)c2)cc1. The van der Waals surface area contributed by atoms with Crippen LogP contribution in [0.15, 0.2) is 42.5 Å². The first kappa shape index (κ1) is 13.9. The molecule has 0 aliphatic carbocycles. The van der Waals surface area contributed by atoms with Gasteiger partial charge in [-0.1, -0.05) is 17.7 Å². The summed E-state index contributed by atoms with van der Waals surface area (Å²) in [7, 11) is 0. The van der Waals surface area contributed by atoms with Crippen molar-refractivity contribution in [3.05, 3.63) is 59.4 Å². The molecule has 2 aromatic rings. The highest BCUT2D eigenvalue weighted by atomic mass is 19.1. The van der Waals surface area contributed by atoms with E-state index in [0.29, 0.717) is 5.69 Å². The van der Waals surface area contributed by atoms with Crippen LogP contribution in [0.1, 0.15) is 17.2 Å². The molecule has 0 bridgehead atoms. The van der Waals surface area contributed by atoms with Crippen molar-refractivity contribution in [2.24, 2.45) is 5.73 Å². The van der Waals surface area contributed by atoms with E-state index in [9.17, 15) is 14.3 Å². The first-order valence-corrected chi connectivity index (χ1v) is 6.07. The molecule has 1 atom stereocenters. The Kier molecular flexibility index (Phi) is 3.89. The van der Waals surface area contributed by atoms with Gasteiger partial charge < -0.3 is 16.2 Å². The highest BCUT2D eigenvalue weighted by molar-refractivity contribution is 5.84. The summed E-state index contributed by atoms with van der Waals surface area (Å²) in [5.41, 5.74) is 7.38. The molecule has 0 aromatic heterocycles. The zero-order valence-electron chi connectivity index (χ0n) is 10.9. The first-order valence-electron chi connectivity index (χ1n) is 6.07. The number of nitrogens with two attached hydrogens (primary N) is 1. The van der Waals surface area contributed by atoms with Gasteiger partial charge in [-0.05, 0) is 36.8 Å². The number of nitrogens with one attached hydrogen (secondary N) is 1. The maximum atomic E-state index is 13.3. The van der Waals surface area contributed by atoms with Crippen LogP contribution in [0.5, 0.6) is 5.75 Å². The number of hydrogen-bond acceptors (Lipinski definition) is 3. The number of primary amides is 1. The second-order valence-electron chi connectivity index (χ2n) is 4.59. The van der Waals surface area contributed by atoms with Crippen LogP contribution in [0.4, 0.5) is 10.1 Å². The van der Waals surface area contributed by atoms with E-state index in [0.717, 1.165) is 17.7 Å². The first-order chi connectivity index (χ1) is 9.45. The van der Waals surface area contributed by atoms with Gasteiger partial charge in [-0.15, -0.1) is 0 Å². The molecular formula is C15H15FN2O2. The number of carbonyl (C=O) groups excluding carboxylic acids is 1. The number of aromatic hydroxyl groups is 1. The van der Waals surface area contributed by atoms with E-state index in [1.54, 1.807) is 12.1 Å². The quantitative estimate of drug-likeness (QED) is 0.801. The van der Waals surface area contributed by atoms with Crippen molar-refractivity contribution in [3.63, 3.8) is 0 Å². The molecule has 104 valence electrons. The van der Waals surface area contributed by atoms with E-state index < -0.39 is 17.8 Å². The van der Waals surface area contributed by atoms with Crippen LogP contribution < -0.4 is 11.1 Å².